The highest BCUT2D eigenvalue weighted by Gasteiger charge is 2.34. The Labute approximate surface area is 155 Å². The van der Waals surface area contributed by atoms with Crippen LogP contribution in [0.25, 0.3) is 11.3 Å². The lowest BCUT2D eigenvalue weighted by Gasteiger charge is -2.38. The summed E-state index contributed by atoms with van der Waals surface area (Å²) in [6.45, 7) is 2.62. The molecule has 1 aliphatic heterocycles. The molecule has 0 spiro atoms. The van der Waals surface area contributed by atoms with Gasteiger partial charge in [-0.15, -0.1) is 0 Å². The number of carbonyl (C=O) groups is 1. The lowest BCUT2D eigenvalue weighted by atomic mass is 10.1. The second-order valence-electron chi connectivity index (χ2n) is 6.58. The van der Waals surface area contributed by atoms with E-state index < -0.39 is 5.63 Å². The van der Waals surface area contributed by atoms with Gasteiger partial charge in [0.25, 0.3) is 5.91 Å². The summed E-state index contributed by atoms with van der Waals surface area (Å²) in [5.41, 5.74) is 1.82. The third-order valence-electron chi connectivity index (χ3n) is 4.47. The summed E-state index contributed by atoms with van der Waals surface area (Å²) in [5, 5.41) is 4.44. The SMILES string of the molecule is Cc1cc(OC2CN(C(=O)c3cc(-c4ccccc4)nn3C)C2)cc(=O)o1. The van der Waals surface area contributed by atoms with E-state index in [1.165, 1.54) is 6.07 Å². The van der Waals surface area contributed by atoms with E-state index in [-0.39, 0.29) is 12.0 Å². The lowest BCUT2D eigenvalue weighted by Crippen LogP contribution is -2.56. The molecule has 7 heteroatoms. The van der Waals surface area contributed by atoms with E-state index in [9.17, 15) is 9.59 Å². The molecule has 0 saturated carbocycles. The Morgan fingerprint density at radius 3 is 2.63 bits per heavy atom. The zero-order valence-electron chi connectivity index (χ0n) is 15.1. The van der Waals surface area contributed by atoms with Crippen LogP contribution in [0.15, 0.2) is 57.7 Å². The second-order valence-corrected chi connectivity index (χ2v) is 6.58. The van der Waals surface area contributed by atoms with Crippen molar-refractivity contribution in [2.24, 2.45) is 7.05 Å². The molecule has 0 N–H and O–H groups in total. The number of hydrogen-bond donors (Lipinski definition) is 0. The first-order valence-corrected chi connectivity index (χ1v) is 8.67. The minimum Gasteiger partial charge on any atom is -0.486 e. The van der Waals surface area contributed by atoms with E-state index in [4.69, 9.17) is 9.15 Å². The largest absolute Gasteiger partial charge is 0.486 e. The predicted molar refractivity (Wildman–Crippen MR) is 98.7 cm³/mol. The summed E-state index contributed by atoms with van der Waals surface area (Å²) in [5.74, 6) is 0.872. The molecule has 4 rings (SSSR count). The summed E-state index contributed by atoms with van der Waals surface area (Å²) >= 11 is 0. The van der Waals surface area contributed by atoms with Gasteiger partial charge in [0.05, 0.1) is 24.8 Å². The van der Waals surface area contributed by atoms with E-state index in [1.807, 2.05) is 30.3 Å². The first-order chi connectivity index (χ1) is 13.0. The molecule has 3 aromatic rings. The van der Waals surface area contributed by atoms with E-state index in [0.717, 1.165) is 11.3 Å². The normalized spacial score (nSPS) is 14.1. The fourth-order valence-corrected chi connectivity index (χ4v) is 3.09. The van der Waals surface area contributed by atoms with E-state index in [0.29, 0.717) is 30.3 Å². The first kappa shape index (κ1) is 17.1. The Morgan fingerprint density at radius 2 is 1.93 bits per heavy atom. The Balaban J connectivity index is 1.42. The average Bonchev–Trinajstić information content (AvgIpc) is 2.99. The third-order valence-corrected chi connectivity index (χ3v) is 4.47. The molecule has 27 heavy (non-hydrogen) atoms. The number of aromatic nitrogens is 2. The molecule has 0 unspecified atom stereocenters. The molecule has 7 nitrogen and oxygen atoms in total. The van der Waals surface area contributed by atoms with Gasteiger partial charge in [-0.2, -0.15) is 5.10 Å². The fourth-order valence-electron chi connectivity index (χ4n) is 3.09. The maximum Gasteiger partial charge on any atom is 0.339 e. The standard InChI is InChI=1S/C20H19N3O4/c1-13-8-15(9-19(24)26-13)27-16-11-23(12-16)20(25)18-10-17(21-22(18)2)14-6-4-3-5-7-14/h3-10,16H,11-12H2,1-2H3. The fraction of sp³-hybridized carbons (Fsp3) is 0.250. The van der Waals surface area contributed by atoms with Gasteiger partial charge in [-0.05, 0) is 13.0 Å². The van der Waals surface area contributed by atoms with Crippen molar-refractivity contribution in [3.05, 3.63) is 70.4 Å². The number of ether oxygens (including phenoxy) is 1. The molecular weight excluding hydrogens is 346 g/mol. The van der Waals surface area contributed by atoms with Crippen molar-refractivity contribution in [3.8, 4) is 17.0 Å². The molecule has 1 aromatic carbocycles. The van der Waals surface area contributed by atoms with Gasteiger partial charge >= 0.3 is 5.63 Å². The molecule has 0 atom stereocenters. The van der Waals surface area contributed by atoms with Gasteiger partial charge in [0, 0.05) is 18.7 Å². The number of rotatable bonds is 4. The minimum atomic E-state index is -0.444. The molecule has 1 amide bonds. The third kappa shape index (κ3) is 3.48. The number of nitrogens with zero attached hydrogens (tertiary/aromatic N) is 3. The van der Waals surface area contributed by atoms with E-state index in [2.05, 4.69) is 5.10 Å². The molecule has 0 radical (unpaired) electrons. The summed E-state index contributed by atoms with van der Waals surface area (Å²) in [7, 11) is 1.76. The average molecular weight is 365 g/mol. The number of hydrogen-bond acceptors (Lipinski definition) is 5. The summed E-state index contributed by atoms with van der Waals surface area (Å²) in [6, 6.07) is 14.5. The Kier molecular flexibility index (Phi) is 4.27. The molecular formula is C20H19N3O4. The van der Waals surface area contributed by atoms with Crippen molar-refractivity contribution in [2.75, 3.05) is 13.1 Å². The molecule has 3 heterocycles. The number of likely N-dealkylation sites (tertiary alicyclic amines) is 1. The summed E-state index contributed by atoms with van der Waals surface area (Å²) < 4.78 is 12.3. The number of carbonyl (C=O) groups excluding carboxylic acids is 1. The van der Waals surface area contributed by atoms with Crippen molar-refractivity contribution >= 4 is 5.91 Å². The van der Waals surface area contributed by atoms with E-state index >= 15 is 0 Å². The smallest absolute Gasteiger partial charge is 0.339 e. The molecule has 1 saturated heterocycles. The Hall–Kier alpha value is -3.35. The second kappa shape index (κ2) is 6.75. The highest BCUT2D eigenvalue weighted by molar-refractivity contribution is 5.94. The van der Waals surface area contributed by atoms with Gasteiger partial charge in [0.15, 0.2) is 0 Å². The van der Waals surface area contributed by atoms with Crippen molar-refractivity contribution in [1.82, 2.24) is 14.7 Å². The topological polar surface area (TPSA) is 77.6 Å². The molecule has 2 aromatic heterocycles. The highest BCUT2D eigenvalue weighted by atomic mass is 16.5. The van der Waals surface area contributed by atoms with Crippen LogP contribution in [0.3, 0.4) is 0 Å². The molecule has 1 aliphatic rings. The number of benzene rings is 1. The van der Waals surface area contributed by atoms with Crippen molar-refractivity contribution < 1.29 is 13.9 Å². The van der Waals surface area contributed by atoms with Crippen molar-refractivity contribution in [2.45, 2.75) is 13.0 Å². The summed E-state index contributed by atoms with van der Waals surface area (Å²) in [6.07, 6.45) is -0.142. The molecule has 138 valence electrons. The van der Waals surface area contributed by atoms with Crippen LogP contribution in [0.5, 0.6) is 5.75 Å². The number of aryl methyl sites for hydroxylation is 2. The quantitative estimate of drug-likeness (QED) is 0.709. The van der Waals surface area contributed by atoms with Crippen LogP contribution in [0, 0.1) is 6.92 Å². The molecule has 0 bridgehead atoms. The van der Waals surface area contributed by atoms with E-state index in [1.54, 1.807) is 35.7 Å². The monoisotopic (exact) mass is 365 g/mol. The van der Waals surface area contributed by atoms with Gasteiger partial charge in [-0.1, -0.05) is 30.3 Å². The van der Waals surface area contributed by atoms with Crippen LogP contribution < -0.4 is 10.4 Å². The zero-order valence-corrected chi connectivity index (χ0v) is 15.1. The first-order valence-electron chi connectivity index (χ1n) is 8.67. The maximum absolute atomic E-state index is 12.7. The van der Waals surface area contributed by atoms with Gasteiger partial charge in [0.2, 0.25) is 0 Å². The highest BCUT2D eigenvalue weighted by Crippen LogP contribution is 2.22. The van der Waals surface area contributed by atoms with Gasteiger partial charge in [-0.25, -0.2) is 4.79 Å². The van der Waals surface area contributed by atoms with Crippen molar-refractivity contribution in [1.29, 1.82) is 0 Å². The summed E-state index contributed by atoms with van der Waals surface area (Å²) in [4.78, 5) is 25.8. The van der Waals surface area contributed by atoms with Crippen LogP contribution in [-0.4, -0.2) is 39.8 Å². The molecule has 1 fully saturated rings. The number of amides is 1. The zero-order chi connectivity index (χ0) is 19.0. The van der Waals surface area contributed by atoms with Gasteiger partial charge in [0.1, 0.15) is 23.3 Å². The predicted octanol–water partition coefficient (Wildman–Crippen LogP) is 2.25. The van der Waals surface area contributed by atoms with Crippen LogP contribution in [0.1, 0.15) is 16.2 Å². The van der Waals surface area contributed by atoms with Crippen molar-refractivity contribution in [3.63, 3.8) is 0 Å². The van der Waals surface area contributed by atoms with Crippen LogP contribution in [-0.2, 0) is 7.05 Å². The Morgan fingerprint density at radius 1 is 1.19 bits per heavy atom. The van der Waals surface area contributed by atoms with Crippen LogP contribution in [0.4, 0.5) is 0 Å². The van der Waals surface area contributed by atoms with Gasteiger partial charge < -0.3 is 14.1 Å². The molecule has 0 aliphatic carbocycles. The maximum atomic E-state index is 12.7. The van der Waals surface area contributed by atoms with Crippen LogP contribution >= 0.6 is 0 Å². The minimum absolute atomic E-state index is 0.0872. The van der Waals surface area contributed by atoms with Crippen LogP contribution in [0.2, 0.25) is 0 Å². The lowest BCUT2D eigenvalue weighted by molar-refractivity contribution is 0.0167. The Bertz CT molecular complexity index is 1030. The van der Waals surface area contributed by atoms with Gasteiger partial charge in [-0.3, -0.25) is 9.48 Å².